The monoisotopic (exact) mass is 164 g/mol. The van der Waals surface area contributed by atoms with E-state index in [1.54, 1.807) is 4.90 Å². The molecule has 0 saturated carbocycles. The highest BCUT2D eigenvalue weighted by Crippen LogP contribution is 2.29. The van der Waals surface area contributed by atoms with Crippen LogP contribution in [0.2, 0.25) is 0 Å². The van der Waals surface area contributed by atoms with Gasteiger partial charge in [0.15, 0.2) is 0 Å². The SMILES string of the molecule is [2H]C([2H])([2H])N1CCC[C@H]1c1ccccc1. The van der Waals surface area contributed by atoms with Gasteiger partial charge in [-0.1, -0.05) is 30.3 Å². The number of nitrogens with zero attached hydrogens (tertiary/aromatic N) is 1. The zero-order valence-electron chi connectivity index (χ0n) is 10.0. The summed E-state index contributed by atoms with van der Waals surface area (Å²) in [6.45, 7) is -1.28. The number of rotatable bonds is 1. The van der Waals surface area contributed by atoms with E-state index < -0.39 is 6.98 Å². The molecular weight excluding hydrogens is 146 g/mol. The van der Waals surface area contributed by atoms with E-state index in [9.17, 15) is 0 Å². The summed E-state index contributed by atoms with van der Waals surface area (Å²) in [5.74, 6) is 0. The van der Waals surface area contributed by atoms with Crippen molar-refractivity contribution in [3.8, 4) is 0 Å². The van der Waals surface area contributed by atoms with E-state index in [-0.39, 0.29) is 6.04 Å². The van der Waals surface area contributed by atoms with Gasteiger partial charge in [0.1, 0.15) is 0 Å². The maximum atomic E-state index is 7.47. The second kappa shape index (κ2) is 3.28. The first-order chi connectivity index (χ1) is 7.09. The number of hydrogen-bond donors (Lipinski definition) is 0. The third kappa shape index (κ3) is 1.37. The second-order valence-electron chi connectivity index (χ2n) is 3.26. The molecule has 1 nitrogen and oxygen atoms in total. The lowest BCUT2D eigenvalue weighted by Crippen LogP contribution is -2.17. The zero-order valence-corrected chi connectivity index (χ0v) is 7.03. The average molecular weight is 164 g/mol. The molecule has 0 bridgehead atoms. The molecular formula is C11H15N. The van der Waals surface area contributed by atoms with Crippen molar-refractivity contribution in [2.24, 2.45) is 0 Å². The van der Waals surface area contributed by atoms with Crippen molar-refractivity contribution in [2.75, 3.05) is 13.5 Å². The molecule has 0 unspecified atom stereocenters. The highest BCUT2D eigenvalue weighted by Gasteiger charge is 2.21. The highest BCUT2D eigenvalue weighted by atomic mass is 15.1. The Balaban J connectivity index is 2.23. The summed E-state index contributed by atoms with van der Waals surface area (Å²) in [4.78, 5) is 1.63. The molecule has 0 aromatic heterocycles. The zero-order chi connectivity index (χ0) is 10.9. The third-order valence-electron chi connectivity index (χ3n) is 2.44. The van der Waals surface area contributed by atoms with Gasteiger partial charge < -0.3 is 0 Å². The quantitative estimate of drug-likeness (QED) is 0.616. The maximum absolute atomic E-state index is 7.47. The third-order valence-corrected chi connectivity index (χ3v) is 2.44. The van der Waals surface area contributed by atoms with Crippen molar-refractivity contribution in [2.45, 2.75) is 18.9 Å². The predicted octanol–water partition coefficient (Wildman–Crippen LogP) is 2.45. The number of benzene rings is 1. The van der Waals surface area contributed by atoms with E-state index in [1.165, 1.54) is 0 Å². The van der Waals surface area contributed by atoms with Crippen LogP contribution in [-0.4, -0.2) is 18.4 Å². The van der Waals surface area contributed by atoms with Crippen LogP contribution >= 0.6 is 0 Å². The Morgan fingerprint density at radius 1 is 1.42 bits per heavy atom. The summed E-state index contributed by atoms with van der Waals surface area (Å²) in [7, 11) is 0. The van der Waals surface area contributed by atoms with Gasteiger partial charge in [-0.2, -0.15) is 0 Å². The molecule has 1 aromatic carbocycles. The Hall–Kier alpha value is -0.820. The van der Waals surface area contributed by atoms with Crippen molar-refractivity contribution < 1.29 is 4.11 Å². The van der Waals surface area contributed by atoms with E-state index >= 15 is 0 Å². The van der Waals surface area contributed by atoms with Gasteiger partial charge in [0, 0.05) is 10.2 Å². The van der Waals surface area contributed by atoms with E-state index in [0.717, 1.165) is 18.4 Å². The molecule has 0 amide bonds. The predicted molar refractivity (Wildman–Crippen MR) is 51.0 cm³/mol. The summed E-state index contributed by atoms with van der Waals surface area (Å²) >= 11 is 0. The molecule has 64 valence electrons. The van der Waals surface area contributed by atoms with Crippen LogP contribution in [0.3, 0.4) is 0 Å². The van der Waals surface area contributed by atoms with Crippen LogP contribution in [-0.2, 0) is 0 Å². The van der Waals surface area contributed by atoms with Crippen LogP contribution in [0.25, 0.3) is 0 Å². The lowest BCUT2D eigenvalue weighted by atomic mass is 10.1. The Bertz CT molecular complexity index is 320. The van der Waals surface area contributed by atoms with Crippen molar-refractivity contribution in [1.82, 2.24) is 4.90 Å². The van der Waals surface area contributed by atoms with Crippen molar-refractivity contribution in [1.29, 1.82) is 0 Å². The summed E-state index contributed by atoms with van der Waals surface area (Å²) in [6.07, 6.45) is 1.92. The lowest BCUT2D eigenvalue weighted by Gasteiger charge is -2.19. The van der Waals surface area contributed by atoms with Crippen molar-refractivity contribution in [3.05, 3.63) is 35.9 Å². The molecule has 0 spiro atoms. The molecule has 2 rings (SSSR count). The first-order valence-corrected chi connectivity index (χ1v) is 4.41. The Labute approximate surface area is 78.2 Å². The van der Waals surface area contributed by atoms with Crippen LogP contribution in [0, 0.1) is 0 Å². The highest BCUT2D eigenvalue weighted by molar-refractivity contribution is 5.19. The molecule has 1 heteroatoms. The molecule has 1 heterocycles. The summed E-state index contributed by atoms with van der Waals surface area (Å²) in [5, 5.41) is 0. The van der Waals surface area contributed by atoms with Crippen LogP contribution in [0.5, 0.6) is 0 Å². The topological polar surface area (TPSA) is 3.24 Å². The average Bonchev–Trinajstić information content (AvgIpc) is 2.67. The van der Waals surface area contributed by atoms with Gasteiger partial charge in [-0.15, -0.1) is 0 Å². The van der Waals surface area contributed by atoms with Gasteiger partial charge in [0.05, 0.1) is 0 Å². The van der Waals surface area contributed by atoms with E-state index in [1.807, 2.05) is 30.3 Å². The molecule has 1 aliphatic heterocycles. The van der Waals surface area contributed by atoms with Crippen LogP contribution in [0.1, 0.15) is 28.6 Å². The maximum Gasteiger partial charge on any atom is 0.0394 e. The molecule has 0 aliphatic carbocycles. The van der Waals surface area contributed by atoms with Crippen LogP contribution in [0.4, 0.5) is 0 Å². The molecule has 0 N–H and O–H groups in total. The molecule has 1 saturated heterocycles. The molecule has 1 fully saturated rings. The molecule has 1 aliphatic rings. The van der Waals surface area contributed by atoms with Gasteiger partial charge >= 0.3 is 0 Å². The fourth-order valence-electron chi connectivity index (χ4n) is 1.79. The first-order valence-electron chi connectivity index (χ1n) is 5.91. The fraction of sp³-hybridized carbons (Fsp3) is 0.455. The van der Waals surface area contributed by atoms with Crippen molar-refractivity contribution >= 4 is 0 Å². The fourth-order valence-corrected chi connectivity index (χ4v) is 1.79. The van der Waals surface area contributed by atoms with E-state index in [4.69, 9.17) is 4.11 Å². The van der Waals surface area contributed by atoms with E-state index in [2.05, 4.69) is 0 Å². The first kappa shape index (κ1) is 5.03. The van der Waals surface area contributed by atoms with Gasteiger partial charge in [0.2, 0.25) is 0 Å². The minimum Gasteiger partial charge on any atom is -0.299 e. The Kier molecular flexibility index (Phi) is 1.37. The van der Waals surface area contributed by atoms with E-state index in [0.29, 0.717) is 6.54 Å². The van der Waals surface area contributed by atoms with Gasteiger partial charge in [0.25, 0.3) is 0 Å². The minimum atomic E-state index is -1.96. The summed E-state index contributed by atoms with van der Waals surface area (Å²) in [5.41, 5.74) is 1.12. The smallest absolute Gasteiger partial charge is 0.0394 e. The summed E-state index contributed by atoms with van der Waals surface area (Å²) < 4.78 is 22.4. The van der Waals surface area contributed by atoms with Gasteiger partial charge in [-0.3, -0.25) is 4.90 Å². The normalized spacial score (nSPS) is 29.3. The molecule has 0 radical (unpaired) electrons. The molecule has 1 atom stereocenters. The number of likely N-dealkylation sites (tertiary alicyclic amines) is 1. The lowest BCUT2D eigenvalue weighted by molar-refractivity contribution is 0.317. The standard InChI is InChI=1S/C11H15N/c1-12-9-5-8-11(12)10-6-3-2-4-7-10/h2-4,6-7,11H,5,8-9H2,1H3/t11-/m0/s1/i1D3. The van der Waals surface area contributed by atoms with Gasteiger partial charge in [-0.05, 0) is 31.9 Å². The Morgan fingerprint density at radius 3 is 3.00 bits per heavy atom. The van der Waals surface area contributed by atoms with Crippen LogP contribution < -0.4 is 0 Å². The van der Waals surface area contributed by atoms with Crippen molar-refractivity contribution in [3.63, 3.8) is 0 Å². The van der Waals surface area contributed by atoms with Gasteiger partial charge in [-0.25, -0.2) is 0 Å². The number of hydrogen-bond acceptors (Lipinski definition) is 1. The Morgan fingerprint density at radius 2 is 2.25 bits per heavy atom. The van der Waals surface area contributed by atoms with Crippen LogP contribution in [0.15, 0.2) is 30.3 Å². The summed E-state index contributed by atoms with van der Waals surface area (Å²) in [6, 6.07) is 9.97. The second-order valence-corrected chi connectivity index (χ2v) is 3.26. The molecule has 12 heavy (non-hydrogen) atoms. The molecule has 1 aromatic rings. The largest absolute Gasteiger partial charge is 0.299 e. The minimum absolute atomic E-state index is 0.0682.